The summed E-state index contributed by atoms with van der Waals surface area (Å²) < 4.78 is 13.5. The lowest BCUT2D eigenvalue weighted by Gasteiger charge is -2.30. The SMILES string of the molecule is Cc1cc(F)cc(C(=O)N2CCCc3cccc(O)c32)c1. The third kappa shape index (κ3) is 2.49. The van der Waals surface area contributed by atoms with Crippen LogP contribution < -0.4 is 4.90 Å². The van der Waals surface area contributed by atoms with Crippen LogP contribution in [0, 0.1) is 12.7 Å². The van der Waals surface area contributed by atoms with Gasteiger partial charge in [0.2, 0.25) is 0 Å². The van der Waals surface area contributed by atoms with Crippen molar-refractivity contribution in [1.82, 2.24) is 0 Å². The summed E-state index contributed by atoms with van der Waals surface area (Å²) in [4.78, 5) is 14.2. The summed E-state index contributed by atoms with van der Waals surface area (Å²) in [6, 6.07) is 9.54. The van der Waals surface area contributed by atoms with Crippen molar-refractivity contribution in [2.45, 2.75) is 19.8 Å². The van der Waals surface area contributed by atoms with Crippen LogP contribution >= 0.6 is 0 Å². The quantitative estimate of drug-likeness (QED) is 0.872. The van der Waals surface area contributed by atoms with Crippen LogP contribution in [0.25, 0.3) is 0 Å². The number of nitrogens with zero attached hydrogens (tertiary/aromatic N) is 1. The maximum absolute atomic E-state index is 13.5. The predicted molar refractivity (Wildman–Crippen MR) is 79.2 cm³/mol. The van der Waals surface area contributed by atoms with Gasteiger partial charge < -0.3 is 10.0 Å². The van der Waals surface area contributed by atoms with E-state index in [-0.39, 0.29) is 11.7 Å². The second-order valence-electron chi connectivity index (χ2n) is 5.36. The van der Waals surface area contributed by atoms with Crippen molar-refractivity contribution in [2.75, 3.05) is 11.4 Å². The minimum absolute atomic E-state index is 0.0914. The molecule has 0 saturated carbocycles. The molecule has 4 heteroatoms. The first-order chi connectivity index (χ1) is 10.1. The second-order valence-corrected chi connectivity index (χ2v) is 5.36. The Morgan fingerprint density at radius 3 is 2.86 bits per heavy atom. The number of amides is 1. The van der Waals surface area contributed by atoms with E-state index in [9.17, 15) is 14.3 Å². The van der Waals surface area contributed by atoms with E-state index in [0.717, 1.165) is 18.4 Å². The minimum Gasteiger partial charge on any atom is -0.506 e. The number of anilines is 1. The summed E-state index contributed by atoms with van der Waals surface area (Å²) in [6.45, 7) is 2.28. The van der Waals surface area contributed by atoms with Gasteiger partial charge in [0.1, 0.15) is 11.6 Å². The van der Waals surface area contributed by atoms with Crippen LogP contribution in [-0.4, -0.2) is 17.6 Å². The van der Waals surface area contributed by atoms with Crippen molar-refractivity contribution >= 4 is 11.6 Å². The van der Waals surface area contributed by atoms with Crippen LogP contribution in [0.4, 0.5) is 10.1 Å². The number of phenols is 1. The number of para-hydroxylation sites is 1. The van der Waals surface area contributed by atoms with Crippen molar-refractivity contribution in [2.24, 2.45) is 0 Å². The molecule has 21 heavy (non-hydrogen) atoms. The number of rotatable bonds is 1. The van der Waals surface area contributed by atoms with Crippen LogP contribution in [0.1, 0.15) is 27.9 Å². The molecule has 1 N–H and O–H groups in total. The fourth-order valence-electron chi connectivity index (χ4n) is 2.85. The van der Waals surface area contributed by atoms with Gasteiger partial charge in [-0.15, -0.1) is 0 Å². The molecule has 1 aliphatic heterocycles. The molecule has 1 heterocycles. The van der Waals surface area contributed by atoms with Gasteiger partial charge in [-0.25, -0.2) is 4.39 Å². The molecule has 2 aromatic carbocycles. The van der Waals surface area contributed by atoms with E-state index in [1.807, 2.05) is 6.07 Å². The molecule has 0 aromatic heterocycles. The van der Waals surface area contributed by atoms with Gasteiger partial charge in [0, 0.05) is 12.1 Å². The highest BCUT2D eigenvalue weighted by molar-refractivity contribution is 6.07. The smallest absolute Gasteiger partial charge is 0.258 e. The number of hydrogen-bond acceptors (Lipinski definition) is 2. The first kappa shape index (κ1) is 13.6. The van der Waals surface area contributed by atoms with Crippen molar-refractivity contribution in [3.8, 4) is 5.75 Å². The lowest BCUT2D eigenvalue weighted by atomic mass is 9.99. The highest BCUT2D eigenvalue weighted by atomic mass is 19.1. The number of halogens is 1. The fraction of sp³-hybridized carbons (Fsp3) is 0.235. The molecule has 0 atom stereocenters. The first-order valence-electron chi connectivity index (χ1n) is 6.96. The van der Waals surface area contributed by atoms with Gasteiger partial charge in [0.05, 0.1) is 5.69 Å². The fourth-order valence-corrected chi connectivity index (χ4v) is 2.85. The lowest BCUT2D eigenvalue weighted by Crippen LogP contribution is -2.35. The van der Waals surface area contributed by atoms with E-state index in [1.165, 1.54) is 12.1 Å². The van der Waals surface area contributed by atoms with Gasteiger partial charge in [-0.1, -0.05) is 12.1 Å². The summed E-state index contributed by atoms with van der Waals surface area (Å²) in [5.74, 6) is -0.610. The topological polar surface area (TPSA) is 40.5 Å². The van der Waals surface area contributed by atoms with Gasteiger partial charge in [-0.05, 0) is 55.2 Å². The summed E-state index contributed by atoms with van der Waals surface area (Å²) in [5.41, 5.74) is 2.51. The Kier molecular flexibility index (Phi) is 3.37. The van der Waals surface area contributed by atoms with Crippen LogP contribution in [0.2, 0.25) is 0 Å². The molecule has 0 fully saturated rings. The molecule has 3 rings (SSSR count). The zero-order valence-corrected chi connectivity index (χ0v) is 11.8. The number of aromatic hydroxyl groups is 1. The Labute approximate surface area is 122 Å². The lowest BCUT2D eigenvalue weighted by molar-refractivity contribution is 0.0983. The Bertz CT molecular complexity index is 692. The van der Waals surface area contributed by atoms with Gasteiger partial charge >= 0.3 is 0 Å². The van der Waals surface area contributed by atoms with Crippen LogP contribution in [0.3, 0.4) is 0 Å². The van der Waals surface area contributed by atoms with E-state index in [1.54, 1.807) is 30.0 Å². The van der Waals surface area contributed by atoms with E-state index in [2.05, 4.69) is 0 Å². The molecule has 1 aliphatic rings. The Balaban J connectivity index is 2.04. The molecular weight excluding hydrogens is 269 g/mol. The van der Waals surface area contributed by atoms with Crippen LogP contribution in [0.15, 0.2) is 36.4 Å². The highest BCUT2D eigenvalue weighted by Gasteiger charge is 2.26. The Morgan fingerprint density at radius 1 is 1.29 bits per heavy atom. The van der Waals surface area contributed by atoms with E-state index in [4.69, 9.17) is 0 Å². The average Bonchev–Trinajstić information content (AvgIpc) is 2.45. The largest absolute Gasteiger partial charge is 0.506 e. The molecule has 1 amide bonds. The zero-order valence-electron chi connectivity index (χ0n) is 11.8. The number of benzene rings is 2. The summed E-state index contributed by atoms with van der Waals surface area (Å²) >= 11 is 0. The molecule has 0 spiro atoms. The summed E-state index contributed by atoms with van der Waals surface area (Å²) in [7, 11) is 0. The van der Waals surface area contributed by atoms with Gasteiger partial charge in [0.25, 0.3) is 5.91 Å². The molecule has 108 valence electrons. The number of carbonyl (C=O) groups excluding carboxylic acids is 1. The zero-order chi connectivity index (χ0) is 15.0. The molecule has 0 bridgehead atoms. The molecule has 0 unspecified atom stereocenters. The first-order valence-corrected chi connectivity index (χ1v) is 6.96. The number of hydrogen-bond donors (Lipinski definition) is 1. The molecule has 3 nitrogen and oxygen atoms in total. The van der Waals surface area contributed by atoms with Crippen molar-refractivity contribution < 1.29 is 14.3 Å². The monoisotopic (exact) mass is 285 g/mol. The third-order valence-electron chi connectivity index (χ3n) is 3.73. The molecule has 2 aromatic rings. The maximum Gasteiger partial charge on any atom is 0.258 e. The Hall–Kier alpha value is -2.36. The number of phenolic OH excluding ortho intramolecular Hbond substituents is 1. The van der Waals surface area contributed by atoms with Crippen molar-refractivity contribution in [3.63, 3.8) is 0 Å². The average molecular weight is 285 g/mol. The van der Waals surface area contributed by atoms with Gasteiger partial charge in [-0.3, -0.25) is 4.79 Å². The standard InChI is InChI=1S/C17H16FNO2/c1-11-8-13(10-14(18)9-11)17(21)19-7-3-5-12-4-2-6-15(20)16(12)19/h2,4,6,8-10,20H,3,5,7H2,1H3. The molecular formula is C17H16FNO2. The summed E-state index contributed by atoms with van der Waals surface area (Å²) in [5, 5.41) is 10.1. The number of aryl methyl sites for hydroxylation is 2. The molecule has 0 radical (unpaired) electrons. The van der Waals surface area contributed by atoms with Gasteiger partial charge in [0.15, 0.2) is 0 Å². The van der Waals surface area contributed by atoms with Gasteiger partial charge in [-0.2, -0.15) is 0 Å². The minimum atomic E-state index is -0.423. The number of fused-ring (bicyclic) bond motifs is 1. The number of carbonyl (C=O) groups is 1. The normalized spacial score (nSPS) is 13.9. The molecule has 0 aliphatic carbocycles. The van der Waals surface area contributed by atoms with E-state index >= 15 is 0 Å². The third-order valence-corrected chi connectivity index (χ3v) is 3.73. The van der Waals surface area contributed by atoms with Crippen molar-refractivity contribution in [3.05, 3.63) is 58.9 Å². The Morgan fingerprint density at radius 2 is 2.10 bits per heavy atom. The van der Waals surface area contributed by atoms with Crippen molar-refractivity contribution in [1.29, 1.82) is 0 Å². The molecule has 0 saturated heterocycles. The van der Waals surface area contributed by atoms with Crippen LogP contribution in [0.5, 0.6) is 5.75 Å². The predicted octanol–water partition coefficient (Wildman–Crippen LogP) is 3.43. The highest BCUT2D eigenvalue weighted by Crippen LogP contribution is 2.36. The summed E-state index contributed by atoms with van der Waals surface area (Å²) in [6.07, 6.45) is 1.66. The second kappa shape index (κ2) is 5.20. The maximum atomic E-state index is 13.5. The van der Waals surface area contributed by atoms with E-state index < -0.39 is 5.82 Å². The van der Waals surface area contributed by atoms with Crippen LogP contribution in [-0.2, 0) is 6.42 Å². The van der Waals surface area contributed by atoms with E-state index in [0.29, 0.717) is 23.4 Å².